The average Bonchev–Trinajstić information content (AvgIpc) is 2.38. The third-order valence-corrected chi connectivity index (χ3v) is 3.29. The summed E-state index contributed by atoms with van der Waals surface area (Å²) in [6.07, 6.45) is 0.910. The normalized spacial score (nSPS) is 18.1. The molecule has 0 heterocycles. The number of rotatable bonds is 2. The van der Waals surface area contributed by atoms with Gasteiger partial charge in [0, 0.05) is 10.6 Å². The van der Waals surface area contributed by atoms with Gasteiger partial charge in [-0.25, -0.2) is 4.79 Å². The monoisotopic (exact) mass is 266 g/mol. The largest absolute Gasteiger partial charge is 0.463 e. The Morgan fingerprint density at radius 1 is 1.39 bits per heavy atom. The Labute approximate surface area is 109 Å². The van der Waals surface area contributed by atoms with E-state index in [1.165, 1.54) is 6.07 Å². The third-order valence-electron chi connectivity index (χ3n) is 3.06. The third kappa shape index (κ3) is 2.16. The van der Waals surface area contributed by atoms with Crippen LogP contribution < -0.4 is 0 Å². The van der Waals surface area contributed by atoms with Gasteiger partial charge in [0.1, 0.15) is 0 Å². The summed E-state index contributed by atoms with van der Waals surface area (Å²) in [5.41, 5.74) is 1.29. The fourth-order valence-electron chi connectivity index (χ4n) is 2.11. The predicted octanol–water partition coefficient (Wildman–Crippen LogP) is 1.83. The van der Waals surface area contributed by atoms with E-state index in [1.807, 2.05) is 0 Å². The van der Waals surface area contributed by atoms with E-state index in [0.29, 0.717) is 23.4 Å². The zero-order valence-electron chi connectivity index (χ0n) is 9.73. The fraction of sp³-hybridized carbons (Fsp3) is 0.308. The minimum Gasteiger partial charge on any atom is -0.463 e. The topological polar surface area (TPSA) is 60.4 Å². The van der Waals surface area contributed by atoms with E-state index in [9.17, 15) is 14.4 Å². The molecule has 0 fully saturated rings. The second-order valence-electron chi connectivity index (χ2n) is 4.11. The molecule has 0 aliphatic heterocycles. The quantitative estimate of drug-likeness (QED) is 0.465. The Morgan fingerprint density at radius 3 is 2.78 bits per heavy atom. The first kappa shape index (κ1) is 12.8. The van der Waals surface area contributed by atoms with Crippen molar-refractivity contribution in [2.24, 2.45) is 5.92 Å². The van der Waals surface area contributed by atoms with Crippen molar-refractivity contribution in [2.75, 3.05) is 7.11 Å². The lowest BCUT2D eigenvalue weighted by Crippen LogP contribution is -2.34. The van der Waals surface area contributed by atoms with Crippen molar-refractivity contribution in [2.45, 2.75) is 12.8 Å². The van der Waals surface area contributed by atoms with Crippen LogP contribution in [0.15, 0.2) is 18.2 Å². The molecule has 1 atom stereocenters. The molecule has 1 unspecified atom stereocenters. The highest BCUT2D eigenvalue weighted by Crippen LogP contribution is 2.28. The minimum atomic E-state index is -0.973. The van der Waals surface area contributed by atoms with Crippen molar-refractivity contribution in [3.63, 3.8) is 0 Å². The molecule has 0 radical (unpaired) electrons. The number of carbonyl (C=O) groups is 3. The molecule has 4 nitrogen and oxygen atoms in total. The Hall–Kier alpha value is -1.68. The van der Waals surface area contributed by atoms with Gasteiger partial charge in [-0.2, -0.15) is 0 Å². The maximum absolute atomic E-state index is 12.1. The van der Waals surface area contributed by atoms with Crippen molar-refractivity contribution < 1.29 is 19.1 Å². The van der Waals surface area contributed by atoms with E-state index in [4.69, 9.17) is 11.6 Å². The molecule has 1 aromatic carbocycles. The van der Waals surface area contributed by atoms with Crippen LogP contribution in [-0.4, -0.2) is 24.6 Å². The molecular weight excluding hydrogens is 256 g/mol. The molecule has 0 aromatic heterocycles. The number of methoxy groups -OCH3 is 1. The number of hydrogen-bond acceptors (Lipinski definition) is 4. The lowest BCUT2D eigenvalue weighted by molar-refractivity contribution is -0.153. The molecule has 1 aliphatic carbocycles. The van der Waals surface area contributed by atoms with Crippen LogP contribution >= 0.6 is 11.6 Å². The zero-order chi connectivity index (χ0) is 13.3. The van der Waals surface area contributed by atoms with Gasteiger partial charge in [0.25, 0.3) is 5.78 Å². The first-order valence-electron chi connectivity index (χ1n) is 5.49. The molecular formula is C13H11ClO4. The maximum Gasteiger partial charge on any atom is 0.375 e. The summed E-state index contributed by atoms with van der Waals surface area (Å²) in [6.45, 7) is 0. The second kappa shape index (κ2) is 4.90. The first-order chi connectivity index (χ1) is 8.54. The van der Waals surface area contributed by atoms with E-state index < -0.39 is 17.7 Å². The summed E-state index contributed by atoms with van der Waals surface area (Å²) >= 11 is 5.83. The molecule has 1 aromatic rings. The fourth-order valence-corrected chi connectivity index (χ4v) is 2.28. The summed E-state index contributed by atoms with van der Waals surface area (Å²) in [5.74, 6) is -3.05. The van der Waals surface area contributed by atoms with Crippen LogP contribution in [0.2, 0.25) is 5.02 Å². The number of benzene rings is 1. The van der Waals surface area contributed by atoms with Gasteiger partial charge in [0.05, 0.1) is 13.0 Å². The summed E-state index contributed by atoms with van der Waals surface area (Å²) in [7, 11) is 1.12. The molecule has 5 heteroatoms. The molecule has 0 spiro atoms. The smallest absolute Gasteiger partial charge is 0.375 e. The lowest BCUT2D eigenvalue weighted by Gasteiger charge is -2.21. The van der Waals surface area contributed by atoms with Gasteiger partial charge < -0.3 is 4.74 Å². The van der Waals surface area contributed by atoms with Crippen LogP contribution in [0.1, 0.15) is 22.3 Å². The summed E-state index contributed by atoms with van der Waals surface area (Å²) < 4.78 is 4.36. The number of ketones is 2. The number of halogens is 1. The highest BCUT2D eigenvalue weighted by atomic mass is 35.5. The van der Waals surface area contributed by atoms with Crippen molar-refractivity contribution >= 4 is 29.1 Å². The van der Waals surface area contributed by atoms with Crippen LogP contribution in [0, 0.1) is 5.92 Å². The molecule has 2 rings (SSSR count). The van der Waals surface area contributed by atoms with Gasteiger partial charge in [0.2, 0.25) is 0 Å². The van der Waals surface area contributed by atoms with Crippen LogP contribution in [0.5, 0.6) is 0 Å². The SMILES string of the molecule is COC(=O)C(=O)C1CCc2ccc(Cl)cc2C1=O. The van der Waals surface area contributed by atoms with Crippen molar-refractivity contribution in [3.05, 3.63) is 34.3 Å². The number of hydrogen-bond donors (Lipinski definition) is 0. The standard InChI is InChI=1S/C13H11ClO4/c1-18-13(17)12(16)9-5-3-7-2-4-8(14)6-10(7)11(9)15/h2,4,6,9H,3,5H2,1H3. The van der Waals surface area contributed by atoms with Crippen molar-refractivity contribution in [1.82, 2.24) is 0 Å². The van der Waals surface area contributed by atoms with Gasteiger partial charge in [-0.05, 0) is 30.5 Å². The lowest BCUT2D eigenvalue weighted by atomic mass is 9.80. The molecule has 0 bridgehead atoms. The zero-order valence-corrected chi connectivity index (χ0v) is 10.5. The number of aryl methyl sites for hydroxylation is 1. The summed E-state index contributed by atoms with van der Waals surface area (Å²) in [6, 6.07) is 5.01. The van der Waals surface area contributed by atoms with E-state index >= 15 is 0 Å². The molecule has 18 heavy (non-hydrogen) atoms. The Morgan fingerprint density at radius 2 is 2.11 bits per heavy atom. The highest BCUT2D eigenvalue weighted by molar-refractivity contribution is 6.40. The number of Topliss-reactive ketones (excluding diaryl/α,β-unsaturated/α-hetero) is 2. The number of fused-ring (bicyclic) bond motifs is 1. The number of esters is 1. The van der Waals surface area contributed by atoms with Gasteiger partial charge in [-0.1, -0.05) is 17.7 Å². The van der Waals surface area contributed by atoms with Crippen molar-refractivity contribution in [1.29, 1.82) is 0 Å². The number of carbonyl (C=O) groups excluding carboxylic acids is 3. The van der Waals surface area contributed by atoms with Crippen molar-refractivity contribution in [3.8, 4) is 0 Å². The Kier molecular flexibility index (Phi) is 3.48. The minimum absolute atomic E-state index is 0.335. The van der Waals surface area contributed by atoms with E-state index in [0.717, 1.165) is 12.7 Å². The summed E-state index contributed by atoms with van der Waals surface area (Å²) in [5, 5.41) is 0.438. The molecule has 0 saturated carbocycles. The second-order valence-corrected chi connectivity index (χ2v) is 4.55. The highest BCUT2D eigenvalue weighted by Gasteiger charge is 2.36. The van der Waals surface area contributed by atoms with E-state index in [-0.39, 0.29) is 5.78 Å². The Balaban J connectivity index is 2.33. The first-order valence-corrected chi connectivity index (χ1v) is 5.87. The van der Waals surface area contributed by atoms with Gasteiger partial charge in [0.15, 0.2) is 5.78 Å². The molecule has 1 aliphatic rings. The van der Waals surface area contributed by atoms with E-state index in [2.05, 4.69) is 4.74 Å². The van der Waals surface area contributed by atoms with Gasteiger partial charge >= 0.3 is 5.97 Å². The number of ether oxygens (including phenoxy) is 1. The predicted molar refractivity (Wildman–Crippen MR) is 64.6 cm³/mol. The van der Waals surface area contributed by atoms with Gasteiger partial charge in [-0.3, -0.25) is 9.59 Å². The van der Waals surface area contributed by atoms with Crippen LogP contribution in [0.3, 0.4) is 0 Å². The van der Waals surface area contributed by atoms with Crippen LogP contribution in [-0.2, 0) is 20.7 Å². The molecule has 0 amide bonds. The Bertz CT molecular complexity index is 536. The summed E-state index contributed by atoms with van der Waals surface area (Å²) in [4.78, 5) is 35.0. The van der Waals surface area contributed by atoms with Crippen LogP contribution in [0.4, 0.5) is 0 Å². The maximum atomic E-state index is 12.1. The average molecular weight is 267 g/mol. The molecule has 0 saturated heterocycles. The van der Waals surface area contributed by atoms with E-state index in [1.54, 1.807) is 12.1 Å². The molecule has 94 valence electrons. The molecule has 0 N–H and O–H groups in total. The van der Waals surface area contributed by atoms with Crippen LogP contribution in [0.25, 0.3) is 0 Å². The van der Waals surface area contributed by atoms with Gasteiger partial charge in [-0.15, -0.1) is 0 Å².